The highest BCUT2D eigenvalue weighted by Crippen LogP contribution is 2.30. The van der Waals surface area contributed by atoms with Crippen molar-refractivity contribution in [3.8, 4) is 5.75 Å². The van der Waals surface area contributed by atoms with Crippen LogP contribution >= 0.6 is 0 Å². The first-order valence-electron chi connectivity index (χ1n) is 9.65. The number of carbonyl (C=O) groups excluding carboxylic acids is 3. The van der Waals surface area contributed by atoms with Crippen molar-refractivity contribution in [2.24, 2.45) is 11.3 Å². The summed E-state index contributed by atoms with van der Waals surface area (Å²) in [6.45, 7) is 7.66. The number of nitrogens with one attached hydrogen (secondary N) is 1. The van der Waals surface area contributed by atoms with Crippen molar-refractivity contribution in [3.05, 3.63) is 65.7 Å². The third kappa shape index (κ3) is 4.47. The fourth-order valence-corrected chi connectivity index (χ4v) is 3.09. The first-order valence-corrected chi connectivity index (χ1v) is 9.65. The third-order valence-electron chi connectivity index (χ3n) is 4.87. The van der Waals surface area contributed by atoms with E-state index in [-0.39, 0.29) is 11.7 Å². The van der Waals surface area contributed by atoms with Crippen molar-refractivity contribution < 1.29 is 19.1 Å². The van der Waals surface area contributed by atoms with E-state index in [4.69, 9.17) is 4.74 Å². The van der Waals surface area contributed by atoms with Crippen LogP contribution in [0.3, 0.4) is 0 Å². The molecule has 6 heteroatoms. The van der Waals surface area contributed by atoms with Crippen LogP contribution in [-0.4, -0.2) is 28.8 Å². The molecule has 6 nitrogen and oxygen atoms in total. The van der Waals surface area contributed by atoms with Crippen LogP contribution in [0.25, 0.3) is 0 Å². The minimum absolute atomic E-state index is 0.0400. The molecule has 1 heterocycles. The van der Waals surface area contributed by atoms with Crippen LogP contribution in [0.4, 0.5) is 4.79 Å². The van der Waals surface area contributed by atoms with Crippen molar-refractivity contribution in [1.82, 2.24) is 10.2 Å². The normalized spacial score (nSPS) is 18.8. The number of likely N-dealkylation sites (tertiary alicyclic amines) is 1. The quantitative estimate of drug-likeness (QED) is 0.614. The van der Waals surface area contributed by atoms with E-state index < -0.39 is 23.6 Å². The van der Waals surface area contributed by atoms with Gasteiger partial charge in [-0.05, 0) is 36.8 Å². The second kappa shape index (κ2) is 8.07. The molecule has 29 heavy (non-hydrogen) atoms. The van der Waals surface area contributed by atoms with Gasteiger partial charge in [0.15, 0.2) is 12.0 Å². The summed E-state index contributed by atoms with van der Waals surface area (Å²) >= 11 is 0. The molecule has 3 rings (SSSR count). The molecule has 0 aromatic heterocycles. The van der Waals surface area contributed by atoms with Crippen LogP contribution in [0.2, 0.25) is 0 Å². The van der Waals surface area contributed by atoms with Gasteiger partial charge in [0.2, 0.25) is 5.91 Å². The van der Waals surface area contributed by atoms with E-state index in [1.54, 1.807) is 31.2 Å². The summed E-state index contributed by atoms with van der Waals surface area (Å²) in [6, 6.07) is 15.8. The van der Waals surface area contributed by atoms with Gasteiger partial charge < -0.3 is 10.1 Å². The molecule has 1 saturated heterocycles. The second-order valence-electron chi connectivity index (χ2n) is 8.25. The Morgan fingerprint density at radius 2 is 1.66 bits per heavy atom. The van der Waals surface area contributed by atoms with Crippen molar-refractivity contribution in [2.45, 2.75) is 40.5 Å². The number of hydrogen-bond acceptors (Lipinski definition) is 4. The minimum Gasteiger partial charge on any atom is -0.469 e. The first kappa shape index (κ1) is 20.6. The molecule has 0 saturated carbocycles. The number of rotatable bonds is 5. The number of amides is 3. The zero-order valence-electron chi connectivity index (χ0n) is 17.1. The highest BCUT2D eigenvalue weighted by molar-refractivity contribution is 6.01. The molecule has 0 aliphatic carbocycles. The van der Waals surface area contributed by atoms with Gasteiger partial charge in [-0.1, -0.05) is 51.1 Å². The Balaban J connectivity index is 1.64. The van der Waals surface area contributed by atoms with E-state index in [2.05, 4.69) is 5.32 Å². The van der Waals surface area contributed by atoms with Gasteiger partial charge >= 0.3 is 6.03 Å². The zero-order chi connectivity index (χ0) is 21.2. The SMILES string of the molecule is C[C@@H]1C(=O)N(C(=O)NCc2ccccc2)[C@@H]1Oc1ccc(C(=O)C(C)(C)C)cc1. The molecule has 0 unspecified atom stereocenters. The maximum absolute atomic E-state index is 12.5. The van der Waals surface area contributed by atoms with Gasteiger partial charge in [0.25, 0.3) is 0 Å². The molecule has 1 fully saturated rings. The molecule has 1 aliphatic heterocycles. The Kier molecular flexibility index (Phi) is 5.73. The Bertz CT molecular complexity index is 901. The Morgan fingerprint density at radius 3 is 2.24 bits per heavy atom. The number of β-lactam (4-membered cyclic amide) rings is 1. The van der Waals surface area contributed by atoms with Crippen LogP contribution in [0.1, 0.15) is 43.6 Å². The number of Topliss-reactive ketones (excluding diaryl/α,β-unsaturated/α-hetero) is 1. The molecule has 1 N–H and O–H groups in total. The van der Waals surface area contributed by atoms with Crippen LogP contribution < -0.4 is 10.1 Å². The molecule has 0 radical (unpaired) electrons. The fraction of sp³-hybridized carbons (Fsp3) is 0.348. The lowest BCUT2D eigenvalue weighted by molar-refractivity contribution is -0.164. The van der Waals surface area contributed by atoms with E-state index >= 15 is 0 Å². The van der Waals surface area contributed by atoms with Crippen LogP contribution in [-0.2, 0) is 11.3 Å². The molecule has 2 atom stereocenters. The average Bonchev–Trinajstić information content (AvgIpc) is 2.71. The van der Waals surface area contributed by atoms with E-state index in [1.165, 1.54) is 0 Å². The van der Waals surface area contributed by atoms with Crippen LogP contribution in [0.5, 0.6) is 5.75 Å². The van der Waals surface area contributed by atoms with Crippen molar-refractivity contribution in [1.29, 1.82) is 0 Å². The first-order chi connectivity index (χ1) is 13.7. The minimum atomic E-state index is -0.678. The van der Waals surface area contributed by atoms with Gasteiger partial charge in [-0.25, -0.2) is 9.69 Å². The van der Waals surface area contributed by atoms with Crippen molar-refractivity contribution in [3.63, 3.8) is 0 Å². The van der Waals surface area contributed by atoms with E-state index in [0.29, 0.717) is 17.9 Å². The number of ketones is 1. The predicted octanol–water partition coefficient (Wildman–Crippen LogP) is 4.01. The molecular weight excluding hydrogens is 368 g/mol. The summed E-state index contributed by atoms with van der Waals surface area (Å²) in [6.07, 6.45) is -0.678. The maximum Gasteiger partial charge on any atom is 0.327 e. The molecular formula is C23H26N2O4. The highest BCUT2D eigenvalue weighted by atomic mass is 16.5. The smallest absolute Gasteiger partial charge is 0.327 e. The topological polar surface area (TPSA) is 75.7 Å². The maximum atomic E-state index is 12.5. The Hall–Kier alpha value is -3.15. The van der Waals surface area contributed by atoms with Gasteiger partial charge in [0.1, 0.15) is 5.75 Å². The van der Waals surface area contributed by atoms with E-state index in [0.717, 1.165) is 10.5 Å². The number of ether oxygens (including phenoxy) is 1. The predicted molar refractivity (Wildman–Crippen MR) is 109 cm³/mol. The van der Waals surface area contributed by atoms with Gasteiger partial charge in [0, 0.05) is 17.5 Å². The lowest BCUT2D eigenvalue weighted by Crippen LogP contribution is -2.66. The monoisotopic (exact) mass is 394 g/mol. The molecule has 0 spiro atoms. The molecule has 0 bridgehead atoms. The standard InChI is InChI=1S/C23H26N2O4/c1-15-20(27)25(22(28)24-14-16-8-6-5-7-9-16)21(15)29-18-12-10-17(11-13-18)19(26)23(2,3)4/h5-13,15,21H,14H2,1-4H3,(H,24,28)/t15-,21-/m1/s1. The van der Waals surface area contributed by atoms with Gasteiger partial charge in [0.05, 0.1) is 5.92 Å². The summed E-state index contributed by atoms with van der Waals surface area (Å²) in [7, 11) is 0. The van der Waals surface area contributed by atoms with Crippen molar-refractivity contribution >= 4 is 17.7 Å². The average molecular weight is 394 g/mol. The van der Waals surface area contributed by atoms with Gasteiger partial charge in [-0.3, -0.25) is 9.59 Å². The number of hydrogen-bond donors (Lipinski definition) is 1. The second-order valence-corrected chi connectivity index (χ2v) is 8.25. The lowest BCUT2D eigenvalue weighted by Gasteiger charge is -2.43. The fourth-order valence-electron chi connectivity index (χ4n) is 3.09. The summed E-state index contributed by atoms with van der Waals surface area (Å²) in [5.74, 6) is -0.160. The van der Waals surface area contributed by atoms with E-state index in [9.17, 15) is 14.4 Å². The van der Waals surface area contributed by atoms with Gasteiger partial charge in [-0.15, -0.1) is 0 Å². The summed E-state index contributed by atoms with van der Waals surface area (Å²) < 4.78 is 5.87. The molecule has 2 aromatic carbocycles. The number of benzene rings is 2. The zero-order valence-corrected chi connectivity index (χ0v) is 17.1. The van der Waals surface area contributed by atoms with Gasteiger partial charge in [-0.2, -0.15) is 0 Å². The summed E-state index contributed by atoms with van der Waals surface area (Å²) in [4.78, 5) is 38.1. The van der Waals surface area contributed by atoms with Crippen LogP contribution in [0.15, 0.2) is 54.6 Å². The van der Waals surface area contributed by atoms with Crippen LogP contribution in [0, 0.1) is 11.3 Å². The summed E-state index contributed by atoms with van der Waals surface area (Å²) in [5, 5.41) is 2.75. The number of nitrogens with zero attached hydrogens (tertiary/aromatic N) is 1. The third-order valence-corrected chi connectivity index (χ3v) is 4.87. The molecule has 3 amide bonds. The Morgan fingerprint density at radius 1 is 1.03 bits per heavy atom. The van der Waals surface area contributed by atoms with E-state index in [1.807, 2.05) is 51.1 Å². The van der Waals surface area contributed by atoms with Crippen molar-refractivity contribution in [2.75, 3.05) is 0 Å². The molecule has 152 valence electrons. The number of carbonyl (C=O) groups is 3. The highest BCUT2D eigenvalue weighted by Gasteiger charge is 2.50. The Labute approximate surface area is 170 Å². The summed E-state index contributed by atoms with van der Waals surface area (Å²) in [5.41, 5.74) is 1.07. The molecule has 2 aromatic rings. The largest absolute Gasteiger partial charge is 0.469 e. The number of urea groups is 1. The lowest BCUT2D eigenvalue weighted by atomic mass is 9.86. The number of imide groups is 1. The molecule has 1 aliphatic rings.